The standard InChI is InChI=1S/C12H12N2O3.ClH/c1-17-12(16)9-4-10-3-2-8(6-13)7-14(10)11(15)5-9;/h2-5,7H,6,13H2,1H3;1H. The Morgan fingerprint density at radius 1 is 1.39 bits per heavy atom. The molecule has 0 fully saturated rings. The molecule has 0 unspecified atom stereocenters. The smallest absolute Gasteiger partial charge is 0.338 e. The van der Waals surface area contributed by atoms with Gasteiger partial charge in [-0.1, -0.05) is 6.07 Å². The predicted molar refractivity (Wildman–Crippen MR) is 70.1 cm³/mol. The van der Waals surface area contributed by atoms with Gasteiger partial charge in [0.1, 0.15) is 0 Å². The summed E-state index contributed by atoms with van der Waals surface area (Å²) in [5, 5.41) is 0. The Kier molecular flexibility index (Phi) is 4.47. The van der Waals surface area contributed by atoms with Gasteiger partial charge < -0.3 is 10.5 Å². The highest BCUT2D eigenvalue weighted by Crippen LogP contribution is 2.07. The van der Waals surface area contributed by atoms with Crippen LogP contribution in [0.2, 0.25) is 0 Å². The van der Waals surface area contributed by atoms with E-state index in [9.17, 15) is 9.59 Å². The van der Waals surface area contributed by atoms with E-state index in [1.54, 1.807) is 18.3 Å². The van der Waals surface area contributed by atoms with E-state index in [4.69, 9.17) is 5.73 Å². The van der Waals surface area contributed by atoms with Crippen LogP contribution in [0.3, 0.4) is 0 Å². The molecule has 6 heteroatoms. The zero-order valence-electron chi connectivity index (χ0n) is 9.75. The number of nitrogens with zero attached hydrogens (tertiary/aromatic N) is 1. The van der Waals surface area contributed by atoms with Gasteiger partial charge in [0.25, 0.3) is 5.56 Å². The number of esters is 1. The van der Waals surface area contributed by atoms with Gasteiger partial charge in [-0.2, -0.15) is 0 Å². The zero-order chi connectivity index (χ0) is 12.4. The summed E-state index contributed by atoms with van der Waals surface area (Å²) in [6.45, 7) is 0.362. The molecule has 2 aromatic heterocycles. The molecule has 0 aliphatic carbocycles. The maximum Gasteiger partial charge on any atom is 0.338 e. The SMILES string of the molecule is COC(=O)c1cc(=O)n2cc(CN)ccc2c1.Cl. The van der Waals surface area contributed by atoms with Crippen LogP contribution in [0.15, 0.2) is 35.3 Å². The van der Waals surface area contributed by atoms with E-state index in [0.717, 1.165) is 5.56 Å². The Morgan fingerprint density at radius 3 is 2.72 bits per heavy atom. The first-order valence-corrected chi connectivity index (χ1v) is 5.09. The van der Waals surface area contributed by atoms with Crippen LogP contribution < -0.4 is 11.3 Å². The van der Waals surface area contributed by atoms with Gasteiger partial charge in [0, 0.05) is 24.3 Å². The van der Waals surface area contributed by atoms with Gasteiger partial charge in [-0.05, 0) is 17.7 Å². The fraction of sp³-hybridized carbons (Fsp3) is 0.167. The number of carbonyl (C=O) groups is 1. The molecule has 18 heavy (non-hydrogen) atoms. The number of carbonyl (C=O) groups excluding carboxylic acids is 1. The topological polar surface area (TPSA) is 73.8 Å². The fourth-order valence-electron chi connectivity index (χ4n) is 1.62. The molecule has 0 aliphatic heterocycles. The monoisotopic (exact) mass is 268 g/mol. The Bertz CT molecular complexity index is 637. The van der Waals surface area contributed by atoms with E-state index in [0.29, 0.717) is 12.1 Å². The van der Waals surface area contributed by atoms with Crippen LogP contribution >= 0.6 is 12.4 Å². The van der Waals surface area contributed by atoms with E-state index in [-0.39, 0.29) is 23.5 Å². The molecule has 5 nitrogen and oxygen atoms in total. The Hall–Kier alpha value is -1.85. The molecule has 96 valence electrons. The lowest BCUT2D eigenvalue weighted by atomic mass is 10.2. The minimum Gasteiger partial charge on any atom is -0.465 e. The Balaban J connectivity index is 0.00000162. The lowest BCUT2D eigenvalue weighted by Gasteiger charge is -2.05. The minimum absolute atomic E-state index is 0. The third-order valence-corrected chi connectivity index (χ3v) is 2.52. The lowest BCUT2D eigenvalue weighted by molar-refractivity contribution is 0.0600. The molecule has 0 bridgehead atoms. The van der Waals surface area contributed by atoms with E-state index in [2.05, 4.69) is 4.74 Å². The third kappa shape index (κ3) is 2.52. The zero-order valence-corrected chi connectivity index (χ0v) is 10.6. The summed E-state index contributed by atoms with van der Waals surface area (Å²) in [4.78, 5) is 23.1. The maximum atomic E-state index is 11.8. The van der Waals surface area contributed by atoms with Crippen molar-refractivity contribution in [1.29, 1.82) is 0 Å². The van der Waals surface area contributed by atoms with Crippen molar-refractivity contribution in [3.8, 4) is 0 Å². The van der Waals surface area contributed by atoms with Crippen LogP contribution in [-0.2, 0) is 11.3 Å². The van der Waals surface area contributed by atoms with Crippen LogP contribution in [0.25, 0.3) is 5.52 Å². The van der Waals surface area contributed by atoms with Gasteiger partial charge >= 0.3 is 5.97 Å². The van der Waals surface area contributed by atoms with Crippen molar-refractivity contribution < 1.29 is 9.53 Å². The third-order valence-electron chi connectivity index (χ3n) is 2.52. The second kappa shape index (κ2) is 5.66. The first kappa shape index (κ1) is 14.2. The number of fused-ring (bicyclic) bond motifs is 1. The van der Waals surface area contributed by atoms with Gasteiger partial charge in [0.15, 0.2) is 0 Å². The van der Waals surface area contributed by atoms with E-state index < -0.39 is 5.97 Å². The highest BCUT2D eigenvalue weighted by molar-refractivity contribution is 5.90. The van der Waals surface area contributed by atoms with E-state index in [1.807, 2.05) is 6.07 Å². The number of methoxy groups -OCH3 is 1. The van der Waals surface area contributed by atoms with Crippen LogP contribution in [0.1, 0.15) is 15.9 Å². The van der Waals surface area contributed by atoms with E-state index >= 15 is 0 Å². The Labute approximate surface area is 110 Å². The average molecular weight is 269 g/mol. The van der Waals surface area contributed by atoms with Gasteiger partial charge in [0.05, 0.1) is 12.7 Å². The minimum atomic E-state index is -0.521. The summed E-state index contributed by atoms with van der Waals surface area (Å²) in [7, 11) is 1.28. The average Bonchev–Trinajstić information content (AvgIpc) is 2.37. The van der Waals surface area contributed by atoms with Gasteiger partial charge in [-0.3, -0.25) is 9.20 Å². The summed E-state index contributed by atoms with van der Waals surface area (Å²) in [6.07, 6.45) is 1.67. The van der Waals surface area contributed by atoms with Crippen molar-refractivity contribution >= 4 is 23.9 Å². The van der Waals surface area contributed by atoms with Crippen molar-refractivity contribution in [2.45, 2.75) is 6.54 Å². The summed E-state index contributed by atoms with van der Waals surface area (Å²) >= 11 is 0. The molecular weight excluding hydrogens is 256 g/mol. The van der Waals surface area contributed by atoms with Crippen LogP contribution in [-0.4, -0.2) is 17.5 Å². The molecule has 0 radical (unpaired) electrons. The van der Waals surface area contributed by atoms with Crippen molar-refractivity contribution in [1.82, 2.24) is 4.40 Å². The molecule has 0 atom stereocenters. The second-order valence-corrected chi connectivity index (χ2v) is 3.61. The summed E-state index contributed by atoms with van der Waals surface area (Å²) < 4.78 is 6.03. The van der Waals surface area contributed by atoms with Crippen molar-refractivity contribution in [3.63, 3.8) is 0 Å². The molecule has 0 aliphatic rings. The quantitative estimate of drug-likeness (QED) is 0.824. The van der Waals surface area contributed by atoms with E-state index in [1.165, 1.54) is 17.6 Å². The van der Waals surface area contributed by atoms with Crippen LogP contribution in [0, 0.1) is 0 Å². The van der Waals surface area contributed by atoms with Crippen LogP contribution in [0.5, 0.6) is 0 Å². The molecule has 0 aromatic carbocycles. The second-order valence-electron chi connectivity index (χ2n) is 3.61. The summed E-state index contributed by atoms with van der Waals surface area (Å²) in [6, 6.07) is 6.42. The molecule has 0 spiro atoms. The number of hydrogen-bond donors (Lipinski definition) is 1. The fourth-order valence-corrected chi connectivity index (χ4v) is 1.62. The highest BCUT2D eigenvalue weighted by Gasteiger charge is 2.08. The largest absolute Gasteiger partial charge is 0.465 e. The number of nitrogens with two attached hydrogens (primary N) is 1. The summed E-state index contributed by atoms with van der Waals surface area (Å²) in [5.41, 5.74) is 6.96. The number of pyridine rings is 2. The molecule has 0 saturated heterocycles. The number of halogens is 1. The van der Waals surface area contributed by atoms with Crippen molar-refractivity contribution in [2.24, 2.45) is 5.73 Å². The number of hydrogen-bond acceptors (Lipinski definition) is 4. The molecule has 2 N–H and O–H groups in total. The maximum absolute atomic E-state index is 11.8. The number of rotatable bonds is 2. The molecule has 2 heterocycles. The van der Waals surface area contributed by atoms with Gasteiger partial charge in [-0.25, -0.2) is 4.79 Å². The molecule has 0 saturated carbocycles. The Morgan fingerprint density at radius 2 is 2.11 bits per heavy atom. The number of ether oxygens (including phenoxy) is 1. The van der Waals surface area contributed by atoms with Crippen LogP contribution in [0.4, 0.5) is 0 Å². The number of aromatic nitrogens is 1. The predicted octanol–water partition coefficient (Wildman–Crippen LogP) is 0.967. The first-order chi connectivity index (χ1) is 8.15. The summed E-state index contributed by atoms with van der Waals surface area (Å²) in [5.74, 6) is -0.521. The first-order valence-electron chi connectivity index (χ1n) is 5.09. The normalized spacial score (nSPS) is 9.89. The van der Waals surface area contributed by atoms with Crippen molar-refractivity contribution in [2.75, 3.05) is 7.11 Å². The van der Waals surface area contributed by atoms with Gasteiger partial charge in [0.2, 0.25) is 0 Å². The molecule has 2 aromatic rings. The van der Waals surface area contributed by atoms with Gasteiger partial charge in [-0.15, -0.1) is 12.4 Å². The highest BCUT2D eigenvalue weighted by atomic mass is 35.5. The van der Waals surface area contributed by atoms with Crippen molar-refractivity contribution in [3.05, 3.63) is 51.9 Å². The lowest BCUT2D eigenvalue weighted by Crippen LogP contribution is -2.16. The molecular formula is C12H13ClN2O3. The molecule has 0 amide bonds. The molecule has 2 rings (SSSR count).